The number of fused-ring (bicyclic) bond motifs is 1. The van der Waals surface area contributed by atoms with Crippen LogP contribution in [0.25, 0.3) is 0 Å². The monoisotopic (exact) mass is 463 g/mol. The number of para-hydroxylation sites is 1. The lowest BCUT2D eigenvalue weighted by Crippen LogP contribution is -2.40. The highest BCUT2D eigenvalue weighted by Gasteiger charge is 2.47. The number of halogens is 1. The molecule has 4 rings (SSSR count). The zero-order chi connectivity index (χ0) is 24.5. The second-order valence-corrected chi connectivity index (χ2v) is 9.27. The first-order chi connectivity index (χ1) is 16.2. The molecule has 0 spiro atoms. The summed E-state index contributed by atoms with van der Waals surface area (Å²) in [6.45, 7) is 7.86. The summed E-state index contributed by atoms with van der Waals surface area (Å²) in [5.74, 6) is 0.567. The molecule has 0 saturated carbocycles. The molecular formula is C28H30FNO4. The van der Waals surface area contributed by atoms with Gasteiger partial charge in [0.15, 0.2) is 11.5 Å². The summed E-state index contributed by atoms with van der Waals surface area (Å²) >= 11 is 0. The molecule has 5 nitrogen and oxygen atoms in total. The van der Waals surface area contributed by atoms with Crippen LogP contribution in [0, 0.1) is 18.2 Å². The minimum Gasteiger partial charge on any atom is -0.493 e. The van der Waals surface area contributed by atoms with Crippen LogP contribution in [0.4, 0.5) is 10.1 Å². The zero-order valence-corrected chi connectivity index (χ0v) is 20.1. The van der Waals surface area contributed by atoms with Crippen LogP contribution in [-0.4, -0.2) is 13.1 Å². The standard InChI is InChI=1S/C28H30FNO4/c1-17-9-14-23-22(15-17)27(34-18(2)31)28(3,4)26(30-23)21-7-6-8-24(32-5)25(21)33-16-19-10-12-20(29)13-11-19/h6-15,26-27,30H,16H2,1-5H3. The van der Waals surface area contributed by atoms with E-state index in [1.165, 1.54) is 19.1 Å². The number of benzene rings is 3. The number of ether oxygens (including phenoxy) is 3. The molecule has 34 heavy (non-hydrogen) atoms. The lowest BCUT2D eigenvalue weighted by molar-refractivity contribution is -0.154. The lowest BCUT2D eigenvalue weighted by atomic mass is 9.70. The molecular weight excluding hydrogens is 433 g/mol. The Hall–Kier alpha value is -3.54. The zero-order valence-electron chi connectivity index (χ0n) is 20.1. The van der Waals surface area contributed by atoms with E-state index in [4.69, 9.17) is 14.2 Å². The van der Waals surface area contributed by atoms with Crippen LogP contribution in [0.15, 0.2) is 60.7 Å². The topological polar surface area (TPSA) is 56.8 Å². The molecule has 2 unspecified atom stereocenters. The van der Waals surface area contributed by atoms with Crippen molar-refractivity contribution in [1.29, 1.82) is 0 Å². The SMILES string of the molecule is COc1cccc(C2Nc3ccc(C)cc3C(OC(C)=O)C2(C)C)c1OCc1ccc(F)cc1. The second-order valence-electron chi connectivity index (χ2n) is 9.27. The molecule has 0 fully saturated rings. The van der Waals surface area contributed by atoms with Gasteiger partial charge in [-0.05, 0) is 36.8 Å². The molecule has 0 radical (unpaired) electrons. The van der Waals surface area contributed by atoms with Crippen LogP contribution in [-0.2, 0) is 16.1 Å². The Morgan fingerprint density at radius 3 is 2.47 bits per heavy atom. The van der Waals surface area contributed by atoms with Crippen molar-refractivity contribution in [3.63, 3.8) is 0 Å². The van der Waals surface area contributed by atoms with E-state index in [2.05, 4.69) is 25.2 Å². The van der Waals surface area contributed by atoms with E-state index in [0.717, 1.165) is 27.9 Å². The number of carbonyl (C=O) groups is 1. The molecule has 1 N–H and O–H groups in total. The summed E-state index contributed by atoms with van der Waals surface area (Å²) in [6.07, 6.45) is -0.456. The first kappa shape index (κ1) is 23.6. The van der Waals surface area contributed by atoms with Crippen molar-refractivity contribution in [2.24, 2.45) is 5.41 Å². The van der Waals surface area contributed by atoms with Gasteiger partial charge in [0.25, 0.3) is 0 Å². The molecule has 2 atom stereocenters. The fourth-order valence-corrected chi connectivity index (χ4v) is 4.60. The van der Waals surface area contributed by atoms with Gasteiger partial charge in [-0.25, -0.2) is 4.39 Å². The largest absolute Gasteiger partial charge is 0.493 e. The molecule has 1 heterocycles. The number of rotatable bonds is 6. The van der Waals surface area contributed by atoms with Crippen molar-refractivity contribution in [1.82, 2.24) is 0 Å². The first-order valence-corrected chi connectivity index (χ1v) is 11.3. The molecule has 0 amide bonds. The molecule has 0 aromatic heterocycles. The highest BCUT2D eigenvalue weighted by molar-refractivity contribution is 5.68. The van der Waals surface area contributed by atoms with E-state index < -0.39 is 11.5 Å². The summed E-state index contributed by atoms with van der Waals surface area (Å²) in [6, 6.07) is 17.8. The predicted octanol–water partition coefficient (Wildman–Crippen LogP) is 6.52. The number of hydrogen-bond donors (Lipinski definition) is 1. The lowest BCUT2D eigenvalue weighted by Gasteiger charge is -2.46. The molecule has 0 saturated heterocycles. The van der Waals surface area contributed by atoms with Gasteiger partial charge in [-0.1, -0.05) is 55.8 Å². The number of methoxy groups -OCH3 is 1. The van der Waals surface area contributed by atoms with Crippen LogP contribution < -0.4 is 14.8 Å². The quantitative estimate of drug-likeness (QED) is 0.422. The van der Waals surface area contributed by atoms with E-state index in [9.17, 15) is 9.18 Å². The van der Waals surface area contributed by atoms with Gasteiger partial charge in [-0.2, -0.15) is 0 Å². The van der Waals surface area contributed by atoms with Gasteiger partial charge in [0.2, 0.25) is 0 Å². The van der Waals surface area contributed by atoms with Crippen molar-refractivity contribution in [3.05, 3.63) is 88.7 Å². The second kappa shape index (κ2) is 9.37. The van der Waals surface area contributed by atoms with E-state index in [1.54, 1.807) is 19.2 Å². The third-order valence-electron chi connectivity index (χ3n) is 6.33. The Labute approximate surface area is 199 Å². The maximum Gasteiger partial charge on any atom is 0.303 e. The molecule has 1 aliphatic heterocycles. The van der Waals surface area contributed by atoms with E-state index >= 15 is 0 Å². The van der Waals surface area contributed by atoms with Crippen LogP contribution >= 0.6 is 0 Å². The molecule has 178 valence electrons. The van der Waals surface area contributed by atoms with Crippen molar-refractivity contribution in [2.75, 3.05) is 12.4 Å². The van der Waals surface area contributed by atoms with Crippen LogP contribution in [0.1, 0.15) is 55.2 Å². The highest BCUT2D eigenvalue weighted by Crippen LogP contribution is 2.55. The Bertz CT molecular complexity index is 1190. The fourth-order valence-electron chi connectivity index (χ4n) is 4.60. The van der Waals surface area contributed by atoms with Gasteiger partial charge in [0.1, 0.15) is 18.5 Å². The third kappa shape index (κ3) is 4.58. The smallest absolute Gasteiger partial charge is 0.303 e. The average molecular weight is 464 g/mol. The van der Waals surface area contributed by atoms with Gasteiger partial charge in [-0.15, -0.1) is 0 Å². The Balaban J connectivity index is 1.77. The summed E-state index contributed by atoms with van der Waals surface area (Å²) in [5, 5.41) is 3.65. The van der Waals surface area contributed by atoms with Crippen LogP contribution in [0.5, 0.6) is 11.5 Å². The predicted molar refractivity (Wildman–Crippen MR) is 130 cm³/mol. The van der Waals surface area contributed by atoms with Crippen LogP contribution in [0.2, 0.25) is 0 Å². The minimum atomic E-state index is -0.521. The van der Waals surface area contributed by atoms with E-state index in [1.807, 2.05) is 37.3 Å². The minimum absolute atomic E-state index is 0.245. The number of nitrogens with one attached hydrogen (secondary N) is 1. The third-order valence-corrected chi connectivity index (χ3v) is 6.33. The molecule has 3 aromatic carbocycles. The highest BCUT2D eigenvalue weighted by atomic mass is 19.1. The van der Waals surface area contributed by atoms with Gasteiger partial charge >= 0.3 is 5.97 Å². The molecule has 1 aliphatic rings. The van der Waals surface area contributed by atoms with Crippen molar-refractivity contribution >= 4 is 11.7 Å². The Morgan fingerprint density at radius 2 is 1.79 bits per heavy atom. The number of anilines is 1. The van der Waals surface area contributed by atoms with Crippen molar-refractivity contribution in [2.45, 2.75) is 46.4 Å². The van der Waals surface area contributed by atoms with E-state index in [-0.39, 0.29) is 24.4 Å². The number of hydrogen-bond acceptors (Lipinski definition) is 5. The number of carbonyl (C=O) groups excluding carboxylic acids is 1. The summed E-state index contributed by atoms with van der Waals surface area (Å²) in [4.78, 5) is 12.1. The van der Waals surface area contributed by atoms with E-state index in [0.29, 0.717) is 11.5 Å². The molecule has 0 aliphatic carbocycles. The number of esters is 1. The summed E-state index contributed by atoms with van der Waals surface area (Å²) < 4.78 is 31.1. The normalized spacial score (nSPS) is 18.4. The maximum atomic E-state index is 13.3. The van der Waals surface area contributed by atoms with Gasteiger partial charge < -0.3 is 19.5 Å². The van der Waals surface area contributed by atoms with Gasteiger partial charge in [0, 0.05) is 29.2 Å². The number of aryl methyl sites for hydroxylation is 1. The maximum absolute atomic E-state index is 13.3. The van der Waals surface area contributed by atoms with Crippen molar-refractivity contribution in [3.8, 4) is 11.5 Å². The van der Waals surface area contributed by atoms with Gasteiger partial charge in [0.05, 0.1) is 13.2 Å². The summed E-state index contributed by atoms with van der Waals surface area (Å²) in [7, 11) is 1.60. The Morgan fingerprint density at radius 1 is 1.06 bits per heavy atom. The first-order valence-electron chi connectivity index (χ1n) is 11.3. The Kier molecular flexibility index (Phi) is 6.51. The summed E-state index contributed by atoms with van der Waals surface area (Å²) in [5.41, 5.74) is 4.16. The van der Waals surface area contributed by atoms with Crippen molar-refractivity contribution < 1.29 is 23.4 Å². The fraction of sp³-hybridized carbons (Fsp3) is 0.321. The van der Waals surface area contributed by atoms with Crippen LogP contribution in [0.3, 0.4) is 0 Å². The molecule has 3 aromatic rings. The average Bonchev–Trinajstić information content (AvgIpc) is 2.80. The molecule has 0 bridgehead atoms. The molecule has 6 heteroatoms. The van der Waals surface area contributed by atoms with Gasteiger partial charge in [-0.3, -0.25) is 4.79 Å².